The predicted octanol–water partition coefficient (Wildman–Crippen LogP) is 1.61. The molecule has 6 heteroatoms. The van der Waals surface area contributed by atoms with Gasteiger partial charge in [0.1, 0.15) is 0 Å². The highest BCUT2D eigenvalue weighted by Gasteiger charge is 2.24. The van der Waals surface area contributed by atoms with Crippen molar-refractivity contribution in [2.45, 2.75) is 51.7 Å². The number of hydrogen-bond acceptors (Lipinski definition) is 5. The summed E-state index contributed by atoms with van der Waals surface area (Å²) in [5, 5.41) is 1.32. The van der Waals surface area contributed by atoms with Gasteiger partial charge in [0.15, 0.2) is 0 Å². The van der Waals surface area contributed by atoms with E-state index in [4.69, 9.17) is 9.57 Å². The first-order valence-electron chi connectivity index (χ1n) is 9.38. The van der Waals surface area contributed by atoms with Crippen LogP contribution in [-0.4, -0.2) is 86.4 Å². The lowest BCUT2D eigenvalue weighted by atomic mass is 9.93. The van der Waals surface area contributed by atoms with E-state index < -0.39 is 0 Å². The predicted molar refractivity (Wildman–Crippen MR) is 94.6 cm³/mol. The molecule has 0 saturated carbocycles. The number of morpholine rings is 1. The van der Waals surface area contributed by atoms with Crippen molar-refractivity contribution in [3.63, 3.8) is 0 Å². The van der Waals surface area contributed by atoms with Crippen LogP contribution in [0.3, 0.4) is 0 Å². The molecule has 2 unspecified atom stereocenters. The van der Waals surface area contributed by atoms with E-state index in [0.29, 0.717) is 18.6 Å². The lowest BCUT2D eigenvalue weighted by molar-refractivity contribution is -0.169. The third-order valence-electron chi connectivity index (χ3n) is 5.32. The highest BCUT2D eigenvalue weighted by atomic mass is 16.7. The van der Waals surface area contributed by atoms with E-state index in [1.165, 1.54) is 38.0 Å². The van der Waals surface area contributed by atoms with Gasteiger partial charge in [0.05, 0.1) is 19.3 Å². The first-order chi connectivity index (χ1) is 11.5. The lowest BCUT2D eigenvalue weighted by Gasteiger charge is -2.37. The molecular weight excluding hydrogens is 306 g/mol. The first kappa shape index (κ1) is 19.6. The number of rotatable bonds is 7. The standard InChI is InChI=1S/C18H35N3O3/c1-15-13-21(14-16(2)24-15)11-7-17-5-9-20(10-6-17)12-8-18(22)19(3)23-4/h15-17H,5-14H2,1-4H3. The number of nitrogens with zero attached hydrogens (tertiary/aromatic N) is 3. The Kier molecular flexibility index (Phi) is 7.94. The summed E-state index contributed by atoms with van der Waals surface area (Å²) in [6, 6.07) is 0. The summed E-state index contributed by atoms with van der Waals surface area (Å²) in [4.78, 5) is 21.7. The van der Waals surface area contributed by atoms with Crippen molar-refractivity contribution in [3.8, 4) is 0 Å². The van der Waals surface area contributed by atoms with Crippen molar-refractivity contribution < 1.29 is 14.4 Å². The summed E-state index contributed by atoms with van der Waals surface area (Å²) in [5.41, 5.74) is 0. The van der Waals surface area contributed by atoms with Crippen molar-refractivity contribution in [1.82, 2.24) is 14.9 Å². The molecule has 6 nitrogen and oxygen atoms in total. The van der Waals surface area contributed by atoms with E-state index in [1.807, 2.05) is 0 Å². The van der Waals surface area contributed by atoms with Gasteiger partial charge >= 0.3 is 0 Å². The van der Waals surface area contributed by atoms with Crippen LogP contribution < -0.4 is 0 Å². The minimum absolute atomic E-state index is 0.0511. The van der Waals surface area contributed by atoms with Crippen molar-refractivity contribution in [2.75, 3.05) is 53.4 Å². The lowest BCUT2D eigenvalue weighted by Crippen LogP contribution is -2.46. The first-order valence-corrected chi connectivity index (χ1v) is 9.38. The SMILES string of the molecule is CON(C)C(=O)CCN1CCC(CCN2CC(C)OC(C)C2)CC1. The number of likely N-dealkylation sites (tertiary alicyclic amines) is 1. The van der Waals surface area contributed by atoms with Gasteiger partial charge in [-0.25, -0.2) is 5.06 Å². The third-order valence-corrected chi connectivity index (χ3v) is 5.32. The number of hydroxylamine groups is 2. The molecule has 0 aromatic carbocycles. The fourth-order valence-corrected chi connectivity index (χ4v) is 3.84. The minimum atomic E-state index is 0.0511. The van der Waals surface area contributed by atoms with E-state index in [0.717, 1.165) is 38.6 Å². The van der Waals surface area contributed by atoms with E-state index in [1.54, 1.807) is 7.05 Å². The number of carbonyl (C=O) groups excluding carboxylic acids is 1. The van der Waals surface area contributed by atoms with Crippen molar-refractivity contribution in [2.24, 2.45) is 5.92 Å². The van der Waals surface area contributed by atoms with Gasteiger partial charge in [-0.15, -0.1) is 0 Å². The highest BCUT2D eigenvalue weighted by molar-refractivity contribution is 5.74. The maximum atomic E-state index is 11.8. The molecule has 2 saturated heterocycles. The molecule has 0 N–H and O–H groups in total. The van der Waals surface area contributed by atoms with Crippen LogP contribution in [0.4, 0.5) is 0 Å². The summed E-state index contributed by atoms with van der Waals surface area (Å²) in [5.74, 6) is 0.877. The highest BCUT2D eigenvalue weighted by Crippen LogP contribution is 2.22. The molecule has 2 rings (SSSR count). The molecule has 2 atom stereocenters. The van der Waals surface area contributed by atoms with E-state index >= 15 is 0 Å². The van der Waals surface area contributed by atoms with Gasteiger partial charge in [0.2, 0.25) is 5.91 Å². The zero-order valence-corrected chi connectivity index (χ0v) is 15.9. The second-order valence-corrected chi connectivity index (χ2v) is 7.41. The molecule has 0 bridgehead atoms. The normalized spacial score (nSPS) is 27.3. The second kappa shape index (κ2) is 9.70. The van der Waals surface area contributed by atoms with Crippen LogP contribution in [0.5, 0.6) is 0 Å². The molecule has 1 amide bonds. The molecule has 24 heavy (non-hydrogen) atoms. The molecule has 0 aliphatic carbocycles. The van der Waals surface area contributed by atoms with Crippen LogP contribution in [0.25, 0.3) is 0 Å². The number of carbonyl (C=O) groups is 1. The Hall–Kier alpha value is -0.690. The molecular formula is C18H35N3O3. The Morgan fingerprint density at radius 1 is 1.12 bits per heavy atom. The minimum Gasteiger partial charge on any atom is -0.373 e. The summed E-state index contributed by atoms with van der Waals surface area (Å²) in [6.07, 6.45) is 5.06. The van der Waals surface area contributed by atoms with Crippen LogP contribution in [0.2, 0.25) is 0 Å². The largest absolute Gasteiger partial charge is 0.373 e. The van der Waals surface area contributed by atoms with E-state index in [-0.39, 0.29) is 5.91 Å². The summed E-state index contributed by atoms with van der Waals surface area (Å²) in [6.45, 7) is 10.7. The van der Waals surface area contributed by atoms with Gasteiger partial charge in [0, 0.05) is 33.1 Å². The Morgan fingerprint density at radius 3 is 2.33 bits per heavy atom. The van der Waals surface area contributed by atoms with Crippen LogP contribution in [0.1, 0.15) is 39.5 Å². The average Bonchev–Trinajstić information content (AvgIpc) is 2.57. The van der Waals surface area contributed by atoms with Gasteiger partial charge in [-0.2, -0.15) is 0 Å². The summed E-state index contributed by atoms with van der Waals surface area (Å²) >= 11 is 0. The van der Waals surface area contributed by atoms with Crippen LogP contribution in [-0.2, 0) is 14.4 Å². The van der Waals surface area contributed by atoms with Gasteiger partial charge in [0.25, 0.3) is 0 Å². The number of amides is 1. The van der Waals surface area contributed by atoms with E-state index in [2.05, 4.69) is 23.6 Å². The zero-order chi connectivity index (χ0) is 17.5. The smallest absolute Gasteiger partial charge is 0.247 e. The maximum Gasteiger partial charge on any atom is 0.247 e. The Balaban J connectivity index is 1.60. The number of ether oxygens (including phenoxy) is 1. The topological polar surface area (TPSA) is 45.2 Å². The molecule has 0 aromatic heterocycles. The molecule has 140 valence electrons. The average molecular weight is 341 g/mol. The van der Waals surface area contributed by atoms with Gasteiger partial charge in [-0.05, 0) is 58.7 Å². The monoisotopic (exact) mass is 341 g/mol. The number of piperidine rings is 1. The Labute approximate surface area is 147 Å². The van der Waals surface area contributed by atoms with Crippen LogP contribution >= 0.6 is 0 Å². The molecule has 0 spiro atoms. The third kappa shape index (κ3) is 6.31. The molecule has 0 aromatic rings. The Bertz CT molecular complexity index is 376. The Morgan fingerprint density at radius 2 is 1.75 bits per heavy atom. The quantitative estimate of drug-likeness (QED) is 0.658. The van der Waals surface area contributed by atoms with Crippen molar-refractivity contribution in [1.29, 1.82) is 0 Å². The van der Waals surface area contributed by atoms with Gasteiger partial charge in [-0.3, -0.25) is 14.5 Å². The molecule has 0 radical (unpaired) electrons. The molecule has 2 aliphatic heterocycles. The molecule has 2 heterocycles. The summed E-state index contributed by atoms with van der Waals surface area (Å²) < 4.78 is 5.81. The van der Waals surface area contributed by atoms with Gasteiger partial charge in [-0.1, -0.05) is 0 Å². The number of hydrogen-bond donors (Lipinski definition) is 0. The van der Waals surface area contributed by atoms with Crippen LogP contribution in [0, 0.1) is 5.92 Å². The van der Waals surface area contributed by atoms with Crippen molar-refractivity contribution >= 4 is 5.91 Å². The fraction of sp³-hybridized carbons (Fsp3) is 0.944. The fourth-order valence-electron chi connectivity index (χ4n) is 3.84. The molecule has 2 aliphatic rings. The van der Waals surface area contributed by atoms with Crippen LogP contribution in [0.15, 0.2) is 0 Å². The maximum absolute atomic E-state index is 11.8. The van der Waals surface area contributed by atoms with Gasteiger partial charge < -0.3 is 9.64 Å². The van der Waals surface area contributed by atoms with E-state index in [9.17, 15) is 4.79 Å². The zero-order valence-electron chi connectivity index (χ0n) is 15.9. The molecule has 2 fully saturated rings. The second-order valence-electron chi connectivity index (χ2n) is 7.41. The summed E-state index contributed by atoms with van der Waals surface area (Å²) in [7, 11) is 3.20. The van der Waals surface area contributed by atoms with Crippen molar-refractivity contribution in [3.05, 3.63) is 0 Å².